The van der Waals surface area contributed by atoms with E-state index in [4.69, 9.17) is 17.3 Å². The normalized spacial score (nSPS) is 21.7. The van der Waals surface area contributed by atoms with E-state index in [1.807, 2.05) is 18.2 Å². The highest BCUT2D eigenvalue weighted by molar-refractivity contribution is 6.35. The van der Waals surface area contributed by atoms with Gasteiger partial charge in [-0.25, -0.2) is 4.98 Å². The number of imidazole rings is 1. The Bertz CT molecular complexity index is 592. The molecule has 0 amide bonds. The van der Waals surface area contributed by atoms with Crippen LogP contribution >= 0.6 is 11.6 Å². The van der Waals surface area contributed by atoms with Gasteiger partial charge in [0, 0.05) is 6.04 Å². The Kier molecular flexibility index (Phi) is 3.37. The highest BCUT2D eigenvalue weighted by atomic mass is 35.5. The number of para-hydroxylation sites is 1. The number of likely N-dealkylation sites (tertiary alicyclic amines) is 1. The van der Waals surface area contributed by atoms with Crippen molar-refractivity contribution in [2.24, 2.45) is 0 Å². The van der Waals surface area contributed by atoms with Crippen LogP contribution in [0.25, 0.3) is 11.0 Å². The quantitative estimate of drug-likeness (QED) is 0.872. The molecule has 0 saturated carbocycles. The summed E-state index contributed by atoms with van der Waals surface area (Å²) in [5.74, 6) is 0.581. The summed E-state index contributed by atoms with van der Waals surface area (Å²) in [4.78, 5) is 6.81. The molecule has 0 bridgehead atoms. The molecule has 4 nitrogen and oxygen atoms in total. The molecule has 0 aliphatic carbocycles. The van der Waals surface area contributed by atoms with Crippen molar-refractivity contribution < 1.29 is 0 Å². The van der Waals surface area contributed by atoms with Gasteiger partial charge in [-0.15, -0.1) is 0 Å². The predicted molar refractivity (Wildman–Crippen MR) is 79.5 cm³/mol. The van der Waals surface area contributed by atoms with Crippen molar-refractivity contribution in [3.63, 3.8) is 0 Å². The van der Waals surface area contributed by atoms with E-state index in [1.54, 1.807) is 0 Å². The van der Waals surface area contributed by atoms with Gasteiger partial charge in [-0.2, -0.15) is 0 Å². The van der Waals surface area contributed by atoms with Gasteiger partial charge in [0.25, 0.3) is 0 Å². The van der Waals surface area contributed by atoms with Crippen LogP contribution in [0.3, 0.4) is 0 Å². The number of hydrogen-bond acceptors (Lipinski definition) is 3. The van der Waals surface area contributed by atoms with Gasteiger partial charge in [-0.05, 0) is 51.5 Å². The average molecular weight is 279 g/mol. The SMILES string of the molecule is CN1CCC[C@H](n2c(N)nc3cccc(Cl)c32)CC1. The Morgan fingerprint density at radius 1 is 1.32 bits per heavy atom. The summed E-state index contributed by atoms with van der Waals surface area (Å²) in [6.45, 7) is 2.24. The molecule has 1 saturated heterocycles. The Labute approximate surface area is 118 Å². The smallest absolute Gasteiger partial charge is 0.201 e. The minimum Gasteiger partial charge on any atom is -0.369 e. The van der Waals surface area contributed by atoms with E-state index in [9.17, 15) is 0 Å². The third-order valence-corrected chi connectivity index (χ3v) is 4.28. The van der Waals surface area contributed by atoms with Crippen molar-refractivity contribution in [3.05, 3.63) is 23.2 Å². The minimum absolute atomic E-state index is 0.398. The summed E-state index contributed by atoms with van der Waals surface area (Å²) in [7, 11) is 2.17. The molecular weight excluding hydrogens is 260 g/mol. The first-order valence-electron chi connectivity index (χ1n) is 6.77. The Hall–Kier alpha value is -1.26. The predicted octanol–water partition coefficient (Wildman–Crippen LogP) is 2.93. The maximum Gasteiger partial charge on any atom is 0.201 e. The minimum atomic E-state index is 0.398. The number of nitrogens with zero attached hydrogens (tertiary/aromatic N) is 3. The van der Waals surface area contributed by atoms with Crippen molar-refractivity contribution in [3.8, 4) is 0 Å². The molecule has 1 fully saturated rings. The second-order valence-electron chi connectivity index (χ2n) is 5.34. The van der Waals surface area contributed by atoms with Crippen LogP contribution in [0.1, 0.15) is 25.3 Å². The van der Waals surface area contributed by atoms with Gasteiger partial charge < -0.3 is 15.2 Å². The number of anilines is 1. The summed E-state index contributed by atoms with van der Waals surface area (Å²) < 4.78 is 2.14. The number of nitrogens with two attached hydrogens (primary N) is 1. The summed E-state index contributed by atoms with van der Waals surface area (Å²) in [5.41, 5.74) is 7.99. The number of rotatable bonds is 1. The van der Waals surface area contributed by atoms with E-state index in [2.05, 4.69) is 21.5 Å². The largest absolute Gasteiger partial charge is 0.369 e. The molecule has 0 radical (unpaired) electrons. The lowest BCUT2D eigenvalue weighted by Gasteiger charge is -2.19. The molecule has 102 valence electrons. The van der Waals surface area contributed by atoms with E-state index in [-0.39, 0.29) is 0 Å². The fraction of sp³-hybridized carbons (Fsp3) is 0.500. The van der Waals surface area contributed by atoms with Gasteiger partial charge in [-0.1, -0.05) is 17.7 Å². The number of hydrogen-bond donors (Lipinski definition) is 1. The zero-order valence-corrected chi connectivity index (χ0v) is 11.9. The van der Waals surface area contributed by atoms with E-state index in [0.29, 0.717) is 12.0 Å². The molecular formula is C14H19ClN4. The Morgan fingerprint density at radius 2 is 2.16 bits per heavy atom. The zero-order chi connectivity index (χ0) is 13.4. The Morgan fingerprint density at radius 3 is 3.00 bits per heavy atom. The molecule has 19 heavy (non-hydrogen) atoms. The first kappa shape index (κ1) is 12.8. The summed E-state index contributed by atoms with van der Waals surface area (Å²) in [5, 5.41) is 0.735. The first-order chi connectivity index (χ1) is 9.16. The van der Waals surface area contributed by atoms with Crippen LogP contribution in [-0.2, 0) is 0 Å². The molecule has 1 atom stereocenters. The lowest BCUT2D eigenvalue weighted by molar-refractivity contribution is 0.342. The van der Waals surface area contributed by atoms with Crippen LogP contribution in [0, 0.1) is 0 Å². The molecule has 1 aromatic heterocycles. The fourth-order valence-electron chi connectivity index (χ4n) is 2.97. The maximum atomic E-state index is 6.34. The fourth-order valence-corrected chi connectivity index (χ4v) is 3.24. The second kappa shape index (κ2) is 5.02. The third kappa shape index (κ3) is 2.30. The van der Waals surface area contributed by atoms with Gasteiger partial charge in [0.2, 0.25) is 5.95 Å². The summed E-state index contributed by atoms with van der Waals surface area (Å²) in [6.07, 6.45) is 3.41. The second-order valence-corrected chi connectivity index (χ2v) is 5.74. The molecule has 1 aliphatic heterocycles. The van der Waals surface area contributed by atoms with Gasteiger partial charge in [0.1, 0.15) is 0 Å². The van der Waals surface area contributed by atoms with Crippen molar-refractivity contribution in [2.75, 3.05) is 25.9 Å². The highest BCUT2D eigenvalue weighted by Crippen LogP contribution is 2.33. The van der Waals surface area contributed by atoms with E-state index < -0.39 is 0 Å². The van der Waals surface area contributed by atoms with Crippen molar-refractivity contribution in [1.29, 1.82) is 0 Å². The topological polar surface area (TPSA) is 47.1 Å². The van der Waals surface area contributed by atoms with Gasteiger partial charge >= 0.3 is 0 Å². The first-order valence-corrected chi connectivity index (χ1v) is 7.15. The molecule has 2 N–H and O–H groups in total. The van der Waals surface area contributed by atoms with Crippen LogP contribution < -0.4 is 5.73 Å². The number of benzene rings is 1. The number of nitrogen functional groups attached to an aromatic ring is 1. The number of fused-ring (bicyclic) bond motifs is 1. The molecule has 3 rings (SSSR count). The number of halogens is 1. The van der Waals surface area contributed by atoms with E-state index in [1.165, 1.54) is 6.42 Å². The summed E-state index contributed by atoms with van der Waals surface area (Å²) >= 11 is 6.34. The van der Waals surface area contributed by atoms with Crippen LogP contribution in [-0.4, -0.2) is 34.6 Å². The van der Waals surface area contributed by atoms with Crippen molar-refractivity contribution in [1.82, 2.24) is 14.5 Å². The molecule has 0 unspecified atom stereocenters. The summed E-state index contributed by atoms with van der Waals surface area (Å²) in [6, 6.07) is 6.19. The van der Waals surface area contributed by atoms with Gasteiger partial charge in [-0.3, -0.25) is 0 Å². The van der Waals surface area contributed by atoms with Crippen molar-refractivity contribution in [2.45, 2.75) is 25.3 Å². The lowest BCUT2D eigenvalue weighted by atomic mass is 10.1. The molecule has 1 aliphatic rings. The molecule has 2 aromatic rings. The molecule has 5 heteroatoms. The average Bonchev–Trinajstić information content (AvgIpc) is 2.56. The van der Waals surface area contributed by atoms with Crippen LogP contribution in [0.2, 0.25) is 5.02 Å². The monoisotopic (exact) mass is 278 g/mol. The molecule has 0 spiro atoms. The standard InChI is InChI=1S/C14H19ClN4/c1-18-8-3-4-10(7-9-18)19-13-11(15)5-2-6-12(13)17-14(19)16/h2,5-6,10H,3-4,7-9H2,1H3,(H2,16,17)/t10-/m0/s1. The van der Waals surface area contributed by atoms with Crippen molar-refractivity contribution >= 4 is 28.6 Å². The lowest BCUT2D eigenvalue weighted by Crippen LogP contribution is -2.19. The zero-order valence-electron chi connectivity index (χ0n) is 11.1. The Balaban J connectivity index is 2.06. The van der Waals surface area contributed by atoms with Gasteiger partial charge in [0.05, 0.1) is 16.1 Å². The van der Waals surface area contributed by atoms with Gasteiger partial charge in [0.15, 0.2) is 0 Å². The van der Waals surface area contributed by atoms with Crippen LogP contribution in [0.5, 0.6) is 0 Å². The third-order valence-electron chi connectivity index (χ3n) is 3.97. The highest BCUT2D eigenvalue weighted by Gasteiger charge is 2.21. The van der Waals surface area contributed by atoms with Crippen LogP contribution in [0.4, 0.5) is 5.95 Å². The van der Waals surface area contributed by atoms with E-state index in [0.717, 1.165) is 42.0 Å². The molecule has 1 aromatic carbocycles. The van der Waals surface area contributed by atoms with Crippen LogP contribution in [0.15, 0.2) is 18.2 Å². The molecule has 2 heterocycles. The maximum absolute atomic E-state index is 6.34. The number of aromatic nitrogens is 2. The van der Waals surface area contributed by atoms with E-state index >= 15 is 0 Å².